The van der Waals surface area contributed by atoms with Crippen LogP contribution in [0.4, 0.5) is 13.8 Å². The molecule has 27 heavy (non-hydrogen) atoms. The van der Waals surface area contributed by atoms with Crippen LogP contribution < -0.4 is 11.1 Å². The van der Waals surface area contributed by atoms with Gasteiger partial charge in [-0.3, -0.25) is 14.5 Å². The molecule has 1 aliphatic rings. The third kappa shape index (κ3) is 4.45. The van der Waals surface area contributed by atoms with E-state index >= 15 is 0 Å². The van der Waals surface area contributed by atoms with E-state index in [0.717, 1.165) is 42.1 Å². The van der Waals surface area contributed by atoms with Crippen LogP contribution in [0.15, 0.2) is 18.2 Å². The molecule has 9 heteroatoms. The molecule has 5 nitrogen and oxygen atoms in total. The molecule has 3 rings (SSSR count). The Morgan fingerprint density at radius 2 is 2.04 bits per heavy atom. The molecule has 0 unspecified atom stereocenters. The first-order chi connectivity index (χ1) is 12.4. The molecule has 1 aromatic carbocycles. The molecule has 1 aromatic heterocycles. The van der Waals surface area contributed by atoms with Crippen molar-refractivity contribution in [2.24, 2.45) is 5.73 Å². The fraction of sp³-hybridized carbons (Fsp3) is 0.333. The average Bonchev–Trinajstić information content (AvgIpc) is 2.94. The minimum Gasteiger partial charge on any atom is -0.365 e. The summed E-state index contributed by atoms with van der Waals surface area (Å²) in [4.78, 5) is 27.6. The summed E-state index contributed by atoms with van der Waals surface area (Å²) in [6, 6.07) is 2.90. The molecule has 0 saturated heterocycles. The topological polar surface area (TPSA) is 75.4 Å². The number of carbonyl (C=O) groups is 2. The number of halogens is 3. The van der Waals surface area contributed by atoms with Crippen molar-refractivity contribution in [3.8, 4) is 0 Å². The van der Waals surface area contributed by atoms with E-state index in [1.54, 1.807) is 0 Å². The number of hydrogen-bond donors (Lipinski definition) is 2. The van der Waals surface area contributed by atoms with E-state index in [9.17, 15) is 18.4 Å². The van der Waals surface area contributed by atoms with E-state index in [1.807, 2.05) is 0 Å². The lowest BCUT2D eigenvalue weighted by atomic mass is 10.0. The number of primary amides is 1. The lowest BCUT2D eigenvalue weighted by Crippen LogP contribution is -2.31. The smallest absolute Gasteiger partial charge is 0.256 e. The number of carbonyl (C=O) groups excluding carboxylic acids is 2. The molecule has 0 bridgehead atoms. The second kappa shape index (κ2) is 8.77. The van der Waals surface area contributed by atoms with E-state index in [0.29, 0.717) is 23.5 Å². The van der Waals surface area contributed by atoms with Crippen molar-refractivity contribution < 1.29 is 18.4 Å². The second-order valence-corrected chi connectivity index (χ2v) is 7.29. The molecular weight excluding hydrogens is 396 g/mol. The summed E-state index contributed by atoms with van der Waals surface area (Å²) >= 11 is 1.31. The van der Waals surface area contributed by atoms with Crippen LogP contribution in [-0.2, 0) is 13.0 Å². The van der Waals surface area contributed by atoms with Gasteiger partial charge >= 0.3 is 0 Å². The molecule has 2 heterocycles. The summed E-state index contributed by atoms with van der Waals surface area (Å²) in [7, 11) is 0. The maximum Gasteiger partial charge on any atom is 0.256 e. The normalized spacial score (nSPS) is 13.6. The Morgan fingerprint density at radius 1 is 1.30 bits per heavy atom. The summed E-state index contributed by atoms with van der Waals surface area (Å²) in [5.41, 5.74) is 6.69. The predicted molar refractivity (Wildman–Crippen MR) is 104 cm³/mol. The van der Waals surface area contributed by atoms with Crippen molar-refractivity contribution in [2.45, 2.75) is 26.3 Å². The predicted octanol–water partition coefficient (Wildman–Crippen LogP) is 3.57. The fourth-order valence-electron chi connectivity index (χ4n) is 3.12. The number of anilines is 1. The first-order valence-corrected chi connectivity index (χ1v) is 9.15. The van der Waals surface area contributed by atoms with E-state index < -0.39 is 23.4 Å². The highest BCUT2D eigenvalue weighted by Crippen LogP contribution is 2.37. The molecule has 3 N–H and O–H groups in total. The second-order valence-electron chi connectivity index (χ2n) is 6.18. The zero-order valence-electron chi connectivity index (χ0n) is 14.7. The molecule has 0 radical (unpaired) electrons. The molecule has 0 spiro atoms. The maximum atomic E-state index is 13.4. The highest BCUT2D eigenvalue weighted by molar-refractivity contribution is 7.17. The minimum atomic E-state index is -1.10. The third-order valence-electron chi connectivity index (χ3n) is 4.33. The van der Waals surface area contributed by atoms with Gasteiger partial charge in [0.25, 0.3) is 11.8 Å². The van der Waals surface area contributed by atoms with Crippen molar-refractivity contribution in [3.05, 3.63) is 51.4 Å². The van der Waals surface area contributed by atoms with Gasteiger partial charge < -0.3 is 11.1 Å². The standard InChI is InChI=1S/C18H19F2N3O2S.ClH/c1-2-6-23-7-5-11-14(9-23)26-18(15(11)16(21)24)22-17(25)10-3-4-12(19)13(20)8-10;/h3-4,8H,2,5-7,9H2,1H3,(H2,21,24)(H,22,25);1H. The number of nitrogens with one attached hydrogen (secondary N) is 1. The van der Waals surface area contributed by atoms with Gasteiger partial charge in [-0.2, -0.15) is 0 Å². The molecule has 0 fully saturated rings. The van der Waals surface area contributed by atoms with Crippen LogP contribution in [0.2, 0.25) is 0 Å². The highest BCUT2D eigenvalue weighted by atomic mass is 35.5. The quantitative estimate of drug-likeness (QED) is 0.783. The Bertz CT molecular complexity index is 873. The summed E-state index contributed by atoms with van der Waals surface area (Å²) in [6.07, 6.45) is 1.72. The van der Waals surface area contributed by atoms with Gasteiger partial charge in [0.05, 0.1) is 5.56 Å². The summed E-state index contributed by atoms with van der Waals surface area (Å²) < 4.78 is 26.4. The van der Waals surface area contributed by atoms with Crippen molar-refractivity contribution in [2.75, 3.05) is 18.4 Å². The largest absolute Gasteiger partial charge is 0.365 e. The van der Waals surface area contributed by atoms with Gasteiger partial charge in [0, 0.05) is 23.5 Å². The number of nitrogens with two attached hydrogens (primary N) is 1. The van der Waals surface area contributed by atoms with Crippen molar-refractivity contribution in [3.63, 3.8) is 0 Å². The van der Waals surface area contributed by atoms with Gasteiger partial charge in [-0.1, -0.05) is 6.92 Å². The van der Waals surface area contributed by atoms with Crippen LogP contribution in [0.3, 0.4) is 0 Å². The molecule has 2 aromatic rings. The first-order valence-electron chi connectivity index (χ1n) is 8.33. The van der Waals surface area contributed by atoms with E-state index in [-0.39, 0.29) is 18.0 Å². The highest BCUT2D eigenvalue weighted by Gasteiger charge is 2.27. The van der Waals surface area contributed by atoms with E-state index in [2.05, 4.69) is 17.1 Å². The number of hydrogen-bond acceptors (Lipinski definition) is 4. The van der Waals surface area contributed by atoms with Gasteiger partial charge in [0.15, 0.2) is 11.6 Å². The van der Waals surface area contributed by atoms with Gasteiger partial charge in [-0.15, -0.1) is 23.7 Å². The lowest BCUT2D eigenvalue weighted by Gasteiger charge is -2.26. The van der Waals surface area contributed by atoms with E-state index in [1.165, 1.54) is 17.4 Å². The zero-order chi connectivity index (χ0) is 18.8. The molecule has 2 amide bonds. The zero-order valence-corrected chi connectivity index (χ0v) is 16.3. The monoisotopic (exact) mass is 415 g/mol. The average molecular weight is 416 g/mol. The third-order valence-corrected chi connectivity index (χ3v) is 5.46. The number of rotatable bonds is 5. The summed E-state index contributed by atoms with van der Waals surface area (Å²) in [5, 5.41) is 2.99. The Balaban J connectivity index is 0.00000261. The Kier molecular flexibility index (Phi) is 6.91. The van der Waals surface area contributed by atoms with E-state index in [4.69, 9.17) is 5.73 Å². The van der Waals surface area contributed by atoms with Crippen LogP contribution in [-0.4, -0.2) is 29.8 Å². The number of benzene rings is 1. The Hall–Kier alpha value is -2.03. The van der Waals surface area contributed by atoms with Gasteiger partial charge in [-0.25, -0.2) is 8.78 Å². The molecule has 0 aliphatic carbocycles. The first kappa shape index (κ1) is 21.3. The van der Waals surface area contributed by atoms with Crippen molar-refractivity contribution in [1.82, 2.24) is 4.90 Å². The number of amides is 2. The van der Waals surface area contributed by atoms with Crippen LogP contribution in [0, 0.1) is 11.6 Å². The fourth-order valence-corrected chi connectivity index (χ4v) is 4.42. The molecular formula is C18H20ClF2N3O2S. The number of fused-ring (bicyclic) bond motifs is 1. The lowest BCUT2D eigenvalue weighted by molar-refractivity contribution is 0.1000. The van der Waals surface area contributed by atoms with Crippen LogP contribution in [0.5, 0.6) is 0 Å². The van der Waals surface area contributed by atoms with Crippen molar-refractivity contribution >= 4 is 40.6 Å². The van der Waals surface area contributed by atoms with Crippen LogP contribution in [0.1, 0.15) is 44.5 Å². The summed E-state index contributed by atoms with van der Waals surface area (Å²) in [6.45, 7) is 4.59. The van der Waals surface area contributed by atoms with Gasteiger partial charge in [0.1, 0.15) is 5.00 Å². The molecule has 0 atom stereocenters. The SMILES string of the molecule is CCCN1CCc2c(sc(NC(=O)c3ccc(F)c(F)c3)c2C(N)=O)C1.Cl. The Morgan fingerprint density at radius 3 is 2.67 bits per heavy atom. The van der Waals surface area contributed by atoms with Gasteiger partial charge in [0.2, 0.25) is 0 Å². The molecule has 1 aliphatic heterocycles. The number of thiophene rings is 1. The Labute approximate surface area is 165 Å². The van der Waals surface area contributed by atoms with Gasteiger partial charge in [-0.05, 0) is 43.1 Å². The number of nitrogens with zero attached hydrogens (tertiary/aromatic N) is 1. The summed E-state index contributed by atoms with van der Waals surface area (Å²) in [5.74, 6) is -3.35. The molecule has 146 valence electrons. The molecule has 0 saturated carbocycles. The van der Waals surface area contributed by atoms with Crippen LogP contribution >= 0.6 is 23.7 Å². The van der Waals surface area contributed by atoms with Crippen molar-refractivity contribution in [1.29, 1.82) is 0 Å². The van der Waals surface area contributed by atoms with Crippen LogP contribution in [0.25, 0.3) is 0 Å². The minimum absolute atomic E-state index is 0. The maximum absolute atomic E-state index is 13.4.